The Morgan fingerprint density at radius 3 is 1.88 bits per heavy atom. The molecule has 0 bridgehead atoms. The molecule has 1 saturated heterocycles. The summed E-state index contributed by atoms with van der Waals surface area (Å²) in [6, 6.07) is -3.90. The number of thiol groups is 1. The Balaban J connectivity index is 0.00000363. The van der Waals surface area contributed by atoms with Crippen LogP contribution in [0.4, 0.5) is 13.2 Å². The van der Waals surface area contributed by atoms with Crippen molar-refractivity contribution in [1.29, 1.82) is 0 Å². The highest BCUT2D eigenvalue weighted by molar-refractivity contribution is 7.80. The minimum absolute atomic E-state index is 0.0396. The van der Waals surface area contributed by atoms with Gasteiger partial charge in [-0.1, -0.05) is 32.4 Å². The second-order valence-electron chi connectivity index (χ2n) is 16.4. The van der Waals surface area contributed by atoms with Gasteiger partial charge in [-0.15, -0.1) is 0 Å². The number of nitrogens with two attached hydrogens (primary N) is 3. The van der Waals surface area contributed by atoms with E-state index in [9.17, 15) is 81.5 Å². The number of carbonyl (C=O) groups excluding carboxylic acids is 8. The number of aliphatic imine (C=N–C) groups is 1. The van der Waals surface area contributed by atoms with E-state index in [0.717, 1.165) is 4.90 Å². The van der Waals surface area contributed by atoms with Crippen molar-refractivity contribution >= 4 is 83.8 Å². The molecule has 8 amide bonds. The number of aliphatic carboxylic acids is 3. The SMILES string of the molecule is CCC(C)C(NC(=O)C(Cc1ccc(O)cc1)NC(=O)CNC(=O)C1CCCN1C(=O)C(CC(=O)O)NC(=O)C(N)CS)C(=O)NCC(=O)NC(CO)C(=O)NC(CCCN=C(N)N)C(=O)O.O=C(O)C(F)(F)F. The average molecular weight is 1080 g/mol. The van der Waals surface area contributed by atoms with Gasteiger partial charge in [0.25, 0.3) is 0 Å². The van der Waals surface area contributed by atoms with Crippen LogP contribution in [0.3, 0.4) is 0 Å². The minimum Gasteiger partial charge on any atom is -0.508 e. The highest BCUT2D eigenvalue weighted by atomic mass is 32.1. The van der Waals surface area contributed by atoms with E-state index in [1.54, 1.807) is 13.8 Å². The van der Waals surface area contributed by atoms with E-state index in [-0.39, 0.29) is 56.2 Å². The molecule has 28 nitrogen and oxygen atoms in total. The molecule has 1 heterocycles. The number of carboxylic acids is 3. The molecule has 0 radical (unpaired) electrons. The molecule has 8 atom stereocenters. The Labute approximate surface area is 425 Å². The summed E-state index contributed by atoms with van der Waals surface area (Å²) in [5, 5.41) is 62.2. The number of aromatic hydroxyl groups is 1. The molecule has 1 aliphatic rings. The zero-order valence-corrected chi connectivity index (χ0v) is 40.9. The third-order valence-corrected chi connectivity index (χ3v) is 11.1. The lowest BCUT2D eigenvalue weighted by atomic mass is 9.97. The van der Waals surface area contributed by atoms with Crippen molar-refractivity contribution in [2.45, 2.75) is 107 Å². The summed E-state index contributed by atoms with van der Waals surface area (Å²) in [5.41, 5.74) is 16.6. The van der Waals surface area contributed by atoms with Crippen LogP contribution in [0.15, 0.2) is 29.3 Å². The lowest BCUT2D eigenvalue weighted by Crippen LogP contribution is -2.58. The zero-order chi connectivity index (χ0) is 56.5. The van der Waals surface area contributed by atoms with E-state index in [1.165, 1.54) is 24.3 Å². The number of phenolic OH excluding ortho intramolecular Hbond substituents is 1. The monoisotopic (exact) mass is 1080 g/mol. The number of hydrogen-bond acceptors (Lipinski definition) is 16. The molecule has 1 aromatic carbocycles. The summed E-state index contributed by atoms with van der Waals surface area (Å²) >= 11 is 3.94. The van der Waals surface area contributed by atoms with Crippen LogP contribution in [0.25, 0.3) is 0 Å². The molecule has 74 heavy (non-hydrogen) atoms. The number of likely N-dealkylation sites (tertiary alicyclic amines) is 1. The van der Waals surface area contributed by atoms with Crippen LogP contribution in [0.1, 0.15) is 57.9 Å². The molecule has 1 aliphatic heterocycles. The van der Waals surface area contributed by atoms with Crippen molar-refractivity contribution in [3.05, 3.63) is 29.8 Å². The largest absolute Gasteiger partial charge is 0.508 e. The van der Waals surface area contributed by atoms with Crippen LogP contribution in [-0.2, 0) is 59.2 Å². The van der Waals surface area contributed by atoms with Gasteiger partial charge in [-0.3, -0.25) is 48.1 Å². The molecular formula is C42H63F3N12O16S. The van der Waals surface area contributed by atoms with Crippen molar-refractivity contribution in [2.24, 2.45) is 28.1 Å². The summed E-state index contributed by atoms with van der Waals surface area (Å²) < 4.78 is 31.7. The van der Waals surface area contributed by atoms with E-state index in [4.69, 9.17) is 27.1 Å². The number of amides is 8. The van der Waals surface area contributed by atoms with Gasteiger partial charge in [-0.25, -0.2) is 9.59 Å². The van der Waals surface area contributed by atoms with Crippen molar-refractivity contribution in [2.75, 3.05) is 38.5 Å². The maximum absolute atomic E-state index is 13.9. The first-order valence-corrected chi connectivity index (χ1v) is 23.1. The fraction of sp³-hybridized carbons (Fsp3) is 0.571. The van der Waals surface area contributed by atoms with Crippen LogP contribution >= 0.6 is 12.6 Å². The normalized spacial score (nSPS) is 15.8. The summed E-state index contributed by atoms with van der Waals surface area (Å²) in [4.78, 5) is 142. The third-order valence-electron chi connectivity index (χ3n) is 10.7. The molecule has 0 aliphatic carbocycles. The summed E-state index contributed by atoms with van der Waals surface area (Å²) in [5.74, 6) is -13.5. The fourth-order valence-corrected chi connectivity index (χ4v) is 6.72. The Hall–Kier alpha value is -7.48. The topological polar surface area (TPSA) is 467 Å². The molecule has 1 fully saturated rings. The first-order valence-electron chi connectivity index (χ1n) is 22.5. The fourth-order valence-electron chi connectivity index (χ4n) is 6.55. The molecule has 0 aromatic heterocycles. The Morgan fingerprint density at radius 1 is 0.811 bits per heavy atom. The molecule has 8 unspecified atom stereocenters. The summed E-state index contributed by atoms with van der Waals surface area (Å²) in [6.07, 6.45) is -5.15. The first kappa shape index (κ1) is 64.5. The third kappa shape index (κ3) is 23.4. The summed E-state index contributed by atoms with van der Waals surface area (Å²) in [6.45, 7) is 1.09. The zero-order valence-electron chi connectivity index (χ0n) is 40.1. The van der Waals surface area contributed by atoms with Crippen LogP contribution < -0.4 is 54.4 Å². The Morgan fingerprint density at radius 2 is 1.36 bits per heavy atom. The molecule has 2 rings (SSSR count). The number of nitrogens with one attached hydrogen (secondary N) is 7. The molecule has 0 saturated carbocycles. The molecule has 32 heteroatoms. The number of alkyl halides is 3. The van der Waals surface area contributed by atoms with E-state index < -0.39 is 146 Å². The average Bonchev–Trinajstić information content (AvgIpc) is 3.83. The van der Waals surface area contributed by atoms with Crippen LogP contribution in [0.5, 0.6) is 5.75 Å². The number of nitrogens with zero attached hydrogens (tertiary/aromatic N) is 2. The number of guanidine groups is 1. The highest BCUT2D eigenvalue weighted by Crippen LogP contribution is 2.20. The van der Waals surface area contributed by atoms with Crippen LogP contribution in [0.2, 0.25) is 0 Å². The van der Waals surface area contributed by atoms with Crippen molar-refractivity contribution < 1.29 is 91.4 Å². The second kappa shape index (κ2) is 31.9. The lowest BCUT2D eigenvalue weighted by Gasteiger charge is -2.29. The lowest BCUT2D eigenvalue weighted by molar-refractivity contribution is -0.192. The van der Waals surface area contributed by atoms with Crippen LogP contribution in [-0.4, -0.2) is 189 Å². The van der Waals surface area contributed by atoms with Gasteiger partial charge in [-0.05, 0) is 49.3 Å². The van der Waals surface area contributed by atoms with Gasteiger partial charge in [-0.2, -0.15) is 25.8 Å². The van der Waals surface area contributed by atoms with E-state index in [2.05, 4.69) is 54.8 Å². The number of aliphatic hydroxyl groups excluding tert-OH is 1. The van der Waals surface area contributed by atoms with Gasteiger partial charge in [0.1, 0.15) is 42.0 Å². The van der Waals surface area contributed by atoms with E-state index in [0.29, 0.717) is 18.4 Å². The van der Waals surface area contributed by atoms with Gasteiger partial charge in [0.15, 0.2) is 5.96 Å². The smallest absolute Gasteiger partial charge is 0.490 e. The minimum atomic E-state index is -5.08. The van der Waals surface area contributed by atoms with Gasteiger partial charge in [0.05, 0.1) is 32.2 Å². The standard InChI is InChI=1S/C40H62N12O14S.C2HF3O2/c1-3-20(2)32(37(63)46-17-30(56)48-27(18-53)35(61)49-24(39(65)66)6-4-12-44-40(42)43)51-34(60)25(14-21-8-10-22(54)11-9-21)47-29(55)16-45-36(62)28-7-5-13-52(28)38(64)26(15-31(57)58)50-33(59)23(41)19-67;3-2(4,5)1(6)7/h8-11,20,23-28,32,53-54,67H,3-7,12-19,41H2,1-2H3,(H,45,62)(H,46,63)(H,47,55)(H,48,56)(H,49,61)(H,50,59)(H,51,60)(H,57,58)(H,65,66)(H4,42,43,44);(H,6,7). The highest BCUT2D eigenvalue weighted by Gasteiger charge is 2.40. The van der Waals surface area contributed by atoms with Gasteiger partial charge < -0.3 is 84.9 Å². The van der Waals surface area contributed by atoms with Crippen LogP contribution in [0, 0.1) is 5.92 Å². The number of halogens is 3. The van der Waals surface area contributed by atoms with E-state index >= 15 is 0 Å². The maximum Gasteiger partial charge on any atom is 0.490 e. The second-order valence-corrected chi connectivity index (χ2v) is 16.8. The predicted molar refractivity (Wildman–Crippen MR) is 254 cm³/mol. The van der Waals surface area contributed by atoms with Crippen molar-refractivity contribution in [1.82, 2.24) is 42.1 Å². The molecule has 414 valence electrons. The number of carbonyl (C=O) groups is 11. The molecular weight excluding hydrogens is 1020 g/mol. The number of carboxylic acid groups (broad SMARTS) is 3. The molecule has 18 N–H and O–H groups in total. The Bertz CT molecular complexity index is 2170. The predicted octanol–water partition coefficient (Wildman–Crippen LogP) is -4.88. The van der Waals surface area contributed by atoms with Gasteiger partial charge in [0, 0.05) is 25.3 Å². The summed E-state index contributed by atoms with van der Waals surface area (Å²) in [7, 11) is 0. The van der Waals surface area contributed by atoms with Gasteiger partial charge >= 0.3 is 24.1 Å². The number of phenols is 1. The van der Waals surface area contributed by atoms with Gasteiger partial charge in [0.2, 0.25) is 47.3 Å². The number of aliphatic hydroxyl groups is 1. The number of hydrogen-bond donors (Lipinski definition) is 16. The quantitative estimate of drug-likeness (QED) is 0.0162. The van der Waals surface area contributed by atoms with E-state index in [1.807, 2.05) is 0 Å². The number of benzene rings is 1. The maximum atomic E-state index is 13.9. The molecule has 0 spiro atoms. The first-order chi connectivity index (χ1) is 34.6. The van der Waals surface area contributed by atoms with Crippen molar-refractivity contribution in [3.63, 3.8) is 0 Å². The Kier molecular flexibility index (Phi) is 27.8. The van der Waals surface area contributed by atoms with Crippen molar-refractivity contribution in [3.8, 4) is 5.75 Å². The molecule has 1 aromatic rings. The number of rotatable bonds is 28.